The number of benzene rings is 2. The highest BCUT2D eigenvalue weighted by Gasteiger charge is 2.13. The lowest BCUT2D eigenvalue weighted by molar-refractivity contribution is -0.116. The van der Waals surface area contributed by atoms with Crippen molar-refractivity contribution in [3.05, 3.63) is 54.1 Å². The van der Waals surface area contributed by atoms with Gasteiger partial charge in [-0.1, -0.05) is 30.5 Å². The number of hydrogen-bond donors (Lipinski definition) is 3. The first-order valence-electron chi connectivity index (χ1n) is 9.10. The van der Waals surface area contributed by atoms with Crippen molar-refractivity contribution in [3.8, 4) is 0 Å². The second kappa shape index (κ2) is 10.1. The number of carbonyl (C=O) groups is 1. The Morgan fingerprint density at radius 1 is 0.889 bits per heavy atom. The molecule has 0 saturated carbocycles. The van der Waals surface area contributed by atoms with Crippen LogP contribution in [0.5, 0.6) is 0 Å². The van der Waals surface area contributed by atoms with Crippen molar-refractivity contribution in [2.75, 3.05) is 16.6 Å². The highest BCUT2D eigenvalue weighted by molar-refractivity contribution is 7.92. The van der Waals surface area contributed by atoms with Crippen LogP contribution in [0, 0.1) is 6.92 Å². The summed E-state index contributed by atoms with van der Waals surface area (Å²) in [6.45, 7) is 2.59. The molecule has 0 radical (unpaired) electrons. The van der Waals surface area contributed by atoms with E-state index in [9.17, 15) is 13.2 Å². The minimum atomic E-state index is -3.63. The minimum Gasteiger partial charge on any atom is -0.330 e. The molecule has 0 aliphatic rings. The number of aryl methyl sites for hydroxylation is 1. The zero-order chi connectivity index (χ0) is 19.7. The Morgan fingerprint density at radius 3 is 2.11 bits per heavy atom. The Morgan fingerprint density at radius 2 is 1.48 bits per heavy atom. The van der Waals surface area contributed by atoms with Gasteiger partial charge < -0.3 is 11.1 Å². The van der Waals surface area contributed by atoms with E-state index in [1.165, 1.54) is 0 Å². The van der Waals surface area contributed by atoms with Gasteiger partial charge in [0.2, 0.25) is 5.91 Å². The lowest BCUT2D eigenvalue weighted by Crippen LogP contribution is -2.13. The molecule has 2 rings (SSSR count). The highest BCUT2D eigenvalue weighted by atomic mass is 32.2. The number of nitrogens with two attached hydrogens (primary N) is 1. The maximum absolute atomic E-state index is 12.4. The quantitative estimate of drug-likeness (QED) is 0.540. The molecule has 0 aromatic heterocycles. The van der Waals surface area contributed by atoms with Crippen molar-refractivity contribution < 1.29 is 13.2 Å². The fourth-order valence-corrected chi connectivity index (χ4v) is 3.62. The largest absolute Gasteiger partial charge is 0.330 e. The van der Waals surface area contributed by atoms with Crippen molar-refractivity contribution in [2.24, 2.45) is 5.73 Å². The van der Waals surface area contributed by atoms with Crippen molar-refractivity contribution in [3.63, 3.8) is 0 Å². The summed E-state index contributed by atoms with van der Waals surface area (Å²) in [5.74, 6) is -0.0456. The van der Waals surface area contributed by atoms with Crippen LogP contribution >= 0.6 is 0 Å². The Labute approximate surface area is 161 Å². The van der Waals surface area contributed by atoms with Crippen LogP contribution in [0.25, 0.3) is 0 Å². The Kier molecular flexibility index (Phi) is 7.82. The maximum Gasteiger partial charge on any atom is 0.261 e. The molecule has 146 valence electrons. The van der Waals surface area contributed by atoms with E-state index in [1.807, 2.05) is 6.92 Å². The van der Waals surface area contributed by atoms with E-state index >= 15 is 0 Å². The van der Waals surface area contributed by atoms with Crippen LogP contribution in [-0.2, 0) is 14.8 Å². The molecule has 7 heteroatoms. The molecule has 0 saturated heterocycles. The summed E-state index contributed by atoms with van der Waals surface area (Å²) in [5.41, 5.74) is 7.51. The van der Waals surface area contributed by atoms with Gasteiger partial charge in [0.25, 0.3) is 10.0 Å². The summed E-state index contributed by atoms with van der Waals surface area (Å²) in [6, 6.07) is 13.3. The molecule has 0 spiro atoms. The third kappa shape index (κ3) is 7.03. The van der Waals surface area contributed by atoms with E-state index in [4.69, 9.17) is 5.73 Å². The van der Waals surface area contributed by atoms with E-state index in [-0.39, 0.29) is 10.8 Å². The van der Waals surface area contributed by atoms with E-state index in [0.29, 0.717) is 24.3 Å². The number of unbranched alkanes of at least 4 members (excludes halogenated alkanes) is 3. The molecule has 0 bridgehead atoms. The summed E-state index contributed by atoms with van der Waals surface area (Å²) in [7, 11) is -3.63. The Bertz CT molecular complexity index is 832. The molecule has 2 aromatic rings. The molecule has 0 heterocycles. The first kappa shape index (κ1) is 20.9. The predicted molar refractivity (Wildman–Crippen MR) is 109 cm³/mol. The standard InChI is InChI=1S/C20H27N3O3S/c1-16-7-13-19(14-8-16)27(25,26)23-18-11-9-17(10-12-18)22-20(24)6-4-2-3-5-15-21/h7-14,23H,2-6,15,21H2,1H3,(H,22,24). The van der Waals surface area contributed by atoms with Crippen LogP contribution in [0.4, 0.5) is 11.4 Å². The number of anilines is 2. The highest BCUT2D eigenvalue weighted by Crippen LogP contribution is 2.19. The number of rotatable bonds is 10. The normalized spacial score (nSPS) is 11.2. The van der Waals surface area contributed by atoms with Crippen LogP contribution in [-0.4, -0.2) is 20.9 Å². The third-order valence-electron chi connectivity index (χ3n) is 4.11. The number of hydrogen-bond acceptors (Lipinski definition) is 4. The van der Waals surface area contributed by atoms with E-state index in [0.717, 1.165) is 31.2 Å². The van der Waals surface area contributed by atoms with Crippen molar-refractivity contribution in [1.29, 1.82) is 0 Å². The second-order valence-electron chi connectivity index (χ2n) is 6.50. The number of sulfonamides is 1. The van der Waals surface area contributed by atoms with Gasteiger partial charge in [-0.25, -0.2) is 8.42 Å². The molecular weight excluding hydrogens is 362 g/mol. The van der Waals surface area contributed by atoms with Crippen molar-refractivity contribution in [2.45, 2.75) is 43.9 Å². The third-order valence-corrected chi connectivity index (χ3v) is 5.51. The van der Waals surface area contributed by atoms with Crippen LogP contribution in [0.15, 0.2) is 53.4 Å². The second-order valence-corrected chi connectivity index (χ2v) is 8.18. The van der Waals surface area contributed by atoms with Gasteiger partial charge in [-0.05, 0) is 62.7 Å². The molecule has 4 N–H and O–H groups in total. The topological polar surface area (TPSA) is 101 Å². The molecule has 1 amide bonds. The Hall–Kier alpha value is -2.38. The fourth-order valence-electron chi connectivity index (χ4n) is 2.56. The lowest BCUT2D eigenvalue weighted by Gasteiger charge is -2.10. The summed E-state index contributed by atoms with van der Waals surface area (Å²) in [4.78, 5) is 12.1. The zero-order valence-corrected chi connectivity index (χ0v) is 16.4. The average molecular weight is 390 g/mol. The molecule has 0 atom stereocenters. The lowest BCUT2D eigenvalue weighted by atomic mass is 10.1. The van der Waals surface area contributed by atoms with Crippen LogP contribution in [0.1, 0.15) is 37.7 Å². The number of carbonyl (C=O) groups excluding carboxylic acids is 1. The van der Waals surface area contributed by atoms with Gasteiger partial charge in [-0.15, -0.1) is 0 Å². The summed E-state index contributed by atoms with van der Waals surface area (Å²) in [5, 5.41) is 2.82. The monoisotopic (exact) mass is 389 g/mol. The molecule has 27 heavy (non-hydrogen) atoms. The summed E-state index contributed by atoms with van der Waals surface area (Å²) in [6.07, 6.45) is 4.32. The zero-order valence-electron chi connectivity index (χ0n) is 15.6. The van der Waals surface area contributed by atoms with Gasteiger partial charge in [0.05, 0.1) is 4.90 Å². The van der Waals surface area contributed by atoms with E-state index < -0.39 is 10.0 Å². The average Bonchev–Trinajstić information content (AvgIpc) is 2.63. The summed E-state index contributed by atoms with van der Waals surface area (Å²) >= 11 is 0. The molecule has 0 fully saturated rings. The van der Waals surface area contributed by atoms with Gasteiger partial charge in [0.1, 0.15) is 0 Å². The van der Waals surface area contributed by atoms with Crippen molar-refractivity contribution in [1.82, 2.24) is 0 Å². The number of amides is 1. The van der Waals surface area contributed by atoms with Gasteiger partial charge in [0.15, 0.2) is 0 Å². The molecule has 6 nitrogen and oxygen atoms in total. The minimum absolute atomic E-state index is 0.0456. The van der Waals surface area contributed by atoms with E-state index in [1.54, 1.807) is 48.5 Å². The number of nitrogens with one attached hydrogen (secondary N) is 2. The predicted octanol–water partition coefficient (Wildman–Crippen LogP) is 3.64. The molecule has 0 unspecified atom stereocenters. The smallest absolute Gasteiger partial charge is 0.261 e. The molecule has 0 aliphatic heterocycles. The van der Waals surface area contributed by atoms with Gasteiger partial charge >= 0.3 is 0 Å². The molecule has 2 aromatic carbocycles. The first-order chi connectivity index (χ1) is 12.9. The molecule has 0 aliphatic carbocycles. The van der Waals surface area contributed by atoms with E-state index in [2.05, 4.69) is 10.0 Å². The van der Waals surface area contributed by atoms with Gasteiger partial charge in [-0.2, -0.15) is 0 Å². The fraction of sp³-hybridized carbons (Fsp3) is 0.350. The summed E-state index contributed by atoms with van der Waals surface area (Å²) < 4.78 is 27.3. The SMILES string of the molecule is Cc1ccc(S(=O)(=O)Nc2ccc(NC(=O)CCCCCCN)cc2)cc1. The van der Waals surface area contributed by atoms with Gasteiger partial charge in [-0.3, -0.25) is 9.52 Å². The van der Waals surface area contributed by atoms with Gasteiger partial charge in [0, 0.05) is 17.8 Å². The van der Waals surface area contributed by atoms with Crippen LogP contribution < -0.4 is 15.8 Å². The first-order valence-corrected chi connectivity index (χ1v) is 10.6. The maximum atomic E-state index is 12.4. The molecular formula is C20H27N3O3S. The Balaban J connectivity index is 1.87. The van der Waals surface area contributed by atoms with Crippen molar-refractivity contribution >= 4 is 27.3 Å². The van der Waals surface area contributed by atoms with Crippen LogP contribution in [0.3, 0.4) is 0 Å². The van der Waals surface area contributed by atoms with Crippen LogP contribution in [0.2, 0.25) is 0 Å².